The molecule has 1 fully saturated rings. The van der Waals surface area contributed by atoms with Gasteiger partial charge in [0.05, 0.1) is 0 Å². The van der Waals surface area contributed by atoms with Gasteiger partial charge >= 0.3 is 0 Å². The molecular weight excluding hydrogens is 190 g/mol. The van der Waals surface area contributed by atoms with Crippen LogP contribution in [-0.4, -0.2) is 35.6 Å². The maximum absolute atomic E-state index is 5.86. The van der Waals surface area contributed by atoms with Gasteiger partial charge in [-0.2, -0.15) is 0 Å². The fraction of sp³-hybridized carbons (Fsp3) is 0.600. The molecule has 0 radical (unpaired) electrons. The lowest BCUT2D eigenvalue weighted by Gasteiger charge is -2.17. The third-order valence-corrected chi connectivity index (χ3v) is 2.56. The van der Waals surface area contributed by atoms with Crippen LogP contribution in [-0.2, 0) is 0 Å². The van der Waals surface area contributed by atoms with Crippen LogP contribution in [0.1, 0.15) is 13.3 Å². The average Bonchev–Trinajstić information content (AvgIpc) is 2.66. The fourth-order valence-electron chi connectivity index (χ4n) is 1.79. The van der Waals surface area contributed by atoms with Gasteiger partial charge in [-0.1, -0.05) is 0 Å². The summed E-state index contributed by atoms with van der Waals surface area (Å²) in [5, 5.41) is 3.17. The molecule has 1 aliphatic rings. The summed E-state index contributed by atoms with van der Waals surface area (Å²) in [6.07, 6.45) is 2.64. The van der Waals surface area contributed by atoms with E-state index in [1.54, 1.807) is 6.33 Å². The Morgan fingerprint density at radius 2 is 2.47 bits per heavy atom. The molecule has 2 heterocycles. The summed E-state index contributed by atoms with van der Waals surface area (Å²) in [5.41, 5.74) is 5.86. The highest BCUT2D eigenvalue weighted by Crippen LogP contribution is 2.18. The number of hydrogen-bond donors (Lipinski definition) is 2. The first-order valence-corrected chi connectivity index (χ1v) is 5.36. The number of hydrogen-bond acceptors (Lipinski definition) is 5. The van der Waals surface area contributed by atoms with Gasteiger partial charge in [-0.15, -0.1) is 0 Å². The Bertz CT molecular complexity index is 327. The molecule has 0 amide bonds. The van der Waals surface area contributed by atoms with Crippen LogP contribution in [0.4, 0.5) is 11.6 Å². The highest BCUT2D eigenvalue weighted by Gasteiger charge is 2.20. The van der Waals surface area contributed by atoms with Gasteiger partial charge in [0.1, 0.15) is 18.0 Å². The molecule has 0 aliphatic carbocycles. The van der Waals surface area contributed by atoms with Crippen LogP contribution in [0.3, 0.4) is 0 Å². The van der Waals surface area contributed by atoms with Crippen LogP contribution in [0.25, 0.3) is 0 Å². The van der Waals surface area contributed by atoms with Crippen molar-refractivity contribution in [3.8, 4) is 0 Å². The van der Waals surface area contributed by atoms with Crippen molar-refractivity contribution < 1.29 is 0 Å². The first-order chi connectivity index (χ1) is 7.29. The van der Waals surface area contributed by atoms with E-state index in [0.717, 1.165) is 37.7 Å². The lowest BCUT2D eigenvalue weighted by atomic mass is 10.3. The molecule has 5 nitrogen and oxygen atoms in total. The van der Waals surface area contributed by atoms with Crippen molar-refractivity contribution in [1.82, 2.24) is 9.97 Å². The second-order valence-corrected chi connectivity index (χ2v) is 3.79. The van der Waals surface area contributed by atoms with Gasteiger partial charge in [-0.25, -0.2) is 9.97 Å². The topological polar surface area (TPSA) is 67.1 Å². The van der Waals surface area contributed by atoms with Crippen molar-refractivity contribution in [3.63, 3.8) is 0 Å². The Hall–Kier alpha value is -1.36. The van der Waals surface area contributed by atoms with E-state index in [1.807, 2.05) is 13.0 Å². The number of aromatic nitrogens is 2. The number of nitrogens with two attached hydrogens (primary N) is 1. The zero-order valence-electron chi connectivity index (χ0n) is 8.98. The summed E-state index contributed by atoms with van der Waals surface area (Å²) in [4.78, 5) is 10.6. The Balaban J connectivity index is 2.10. The Morgan fingerprint density at radius 3 is 3.13 bits per heavy atom. The number of nitrogens with one attached hydrogen (secondary N) is 1. The van der Waals surface area contributed by atoms with Crippen molar-refractivity contribution in [2.75, 3.05) is 29.9 Å². The van der Waals surface area contributed by atoms with Crippen LogP contribution in [0.2, 0.25) is 0 Å². The summed E-state index contributed by atoms with van der Waals surface area (Å²) in [5.74, 6) is 1.84. The van der Waals surface area contributed by atoms with Crippen molar-refractivity contribution >= 4 is 11.6 Å². The molecule has 82 valence electrons. The van der Waals surface area contributed by atoms with Gasteiger partial charge in [-0.05, 0) is 13.3 Å². The van der Waals surface area contributed by atoms with Crippen molar-refractivity contribution in [1.29, 1.82) is 0 Å². The highest BCUT2D eigenvalue weighted by molar-refractivity contribution is 5.49. The molecule has 2 rings (SSSR count). The van der Waals surface area contributed by atoms with Crippen LogP contribution >= 0.6 is 0 Å². The normalized spacial score (nSPS) is 20.7. The molecule has 0 aromatic carbocycles. The predicted octanol–water partition coefficient (Wildman–Crippen LogP) is 0.446. The molecule has 1 aromatic rings. The van der Waals surface area contributed by atoms with Gasteiger partial charge in [0.25, 0.3) is 0 Å². The summed E-state index contributed by atoms with van der Waals surface area (Å²) in [7, 11) is 0. The van der Waals surface area contributed by atoms with Gasteiger partial charge in [0.15, 0.2) is 0 Å². The second-order valence-electron chi connectivity index (χ2n) is 3.79. The lowest BCUT2D eigenvalue weighted by molar-refractivity contribution is 0.751. The minimum Gasteiger partial charge on any atom is -0.370 e. The van der Waals surface area contributed by atoms with E-state index in [-0.39, 0.29) is 6.04 Å². The summed E-state index contributed by atoms with van der Waals surface area (Å²) in [6.45, 7) is 4.80. The second kappa shape index (κ2) is 4.44. The first kappa shape index (κ1) is 10.2. The van der Waals surface area contributed by atoms with Crippen LogP contribution < -0.4 is 16.0 Å². The third kappa shape index (κ3) is 2.36. The van der Waals surface area contributed by atoms with E-state index in [1.165, 1.54) is 0 Å². The van der Waals surface area contributed by atoms with Gasteiger partial charge < -0.3 is 16.0 Å². The van der Waals surface area contributed by atoms with E-state index < -0.39 is 0 Å². The molecule has 0 bridgehead atoms. The molecule has 0 saturated carbocycles. The summed E-state index contributed by atoms with van der Waals surface area (Å²) < 4.78 is 0. The lowest BCUT2D eigenvalue weighted by Crippen LogP contribution is -2.26. The zero-order valence-corrected chi connectivity index (χ0v) is 8.98. The molecule has 1 aliphatic heterocycles. The third-order valence-electron chi connectivity index (χ3n) is 2.56. The zero-order chi connectivity index (χ0) is 10.7. The van der Waals surface area contributed by atoms with E-state index >= 15 is 0 Å². The van der Waals surface area contributed by atoms with Crippen molar-refractivity contribution in [2.45, 2.75) is 19.4 Å². The molecule has 5 heteroatoms. The Morgan fingerprint density at radius 1 is 1.60 bits per heavy atom. The van der Waals surface area contributed by atoms with Crippen LogP contribution in [0, 0.1) is 0 Å². The molecule has 1 saturated heterocycles. The van der Waals surface area contributed by atoms with Crippen LogP contribution in [0.5, 0.6) is 0 Å². The standard InChI is InChI=1S/C10H17N5/c1-2-12-9-5-10(14-7-13-9)15-4-3-8(11)6-15/h5,7-8H,2-4,6,11H2,1H3,(H,12,13,14). The van der Waals surface area contributed by atoms with Gasteiger partial charge in [-0.3, -0.25) is 0 Å². The highest BCUT2D eigenvalue weighted by atomic mass is 15.2. The Kier molecular flexibility index (Phi) is 3.01. The monoisotopic (exact) mass is 207 g/mol. The molecule has 15 heavy (non-hydrogen) atoms. The van der Waals surface area contributed by atoms with E-state index in [4.69, 9.17) is 5.73 Å². The molecule has 0 spiro atoms. The maximum atomic E-state index is 5.86. The van der Waals surface area contributed by atoms with E-state index in [2.05, 4.69) is 20.2 Å². The smallest absolute Gasteiger partial charge is 0.134 e. The Labute approximate surface area is 89.7 Å². The minimum absolute atomic E-state index is 0.280. The quantitative estimate of drug-likeness (QED) is 0.753. The SMILES string of the molecule is CCNc1cc(N2CCC(N)C2)ncn1. The van der Waals surface area contributed by atoms with Crippen molar-refractivity contribution in [2.24, 2.45) is 5.73 Å². The predicted molar refractivity (Wildman–Crippen MR) is 61.0 cm³/mol. The molecule has 1 unspecified atom stereocenters. The molecule has 1 atom stereocenters. The van der Waals surface area contributed by atoms with Crippen molar-refractivity contribution in [3.05, 3.63) is 12.4 Å². The van der Waals surface area contributed by atoms with Crippen LogP contribution in [0.15, 0.2) is 12.4 Å². The summed E-state index contributed by atoms with van der Waals surface area (Å²) >= 11 is 0. The van der Waals surface area contributed by atoms with Gasteiger partial charge in [0.2, 0.25) is 0 Å². The largest absolute Gasteiger partial charge is 0.370 e. The molecule has 3 N–H and O–H groups in total. The minimum atomic E-state index is 0.280. The van der Waals surface area contributed by atoms with Gasteiger partial charge in [0, 0.05) is 31.7 Å². The average molecular weight is 207 g/mol. The van der Waals surface area contributed by atoms with E-state index in [0.29, 0.717) is 0 Å². The number of rotatable bonds is 3. The maximum Gasteiger partial charge on any atom is 0.134 e. The summed E-state index contributed by atoms with van der Waals surface area (Å²) in [6, 6.07) is 2.25. The number of nitrogens with zero attached hydrogens (tertiary/aromatic N) is 3. The molecular formula is C10H17N5. The number of anilines is 2. The van der Waals surface area contributed by atoms with E-state index in [9.17, 15) is 0 Å². The molecule has 1 aromatic heterocycles. The first-order valence-electron chi connectivity index (χ1n) is 5.36. The fourth-order valence-corrected chi connectivity index (χ4v) is 1.79.